The minimum absolute atomic E-state index is 0.324. The van der Waals surface area contributed by atoms with Gasteiger partial charge in [-0.15, -0.1) is 11.3 Å². The van der Waals surface area contributed by atoms with Crippen molar-refractivity contribution in [2.75, 3.05) is 5.73 Å². The van der Waals surface area contributed by atoms with Crippen molar-refractivity contribution in [2.24, 2.45) is 0 Å². The molecule has 0 aliphatic heterocycles. The van der Waals surface area contributed by atoms with Gasteiger partial charge in [0.05, 0.1) is 11.9 Å². The first-order valence-electron chi connectivity index (χ1n) is 4.60. The average molecular weight is 231 g/mol. The number of nitrogens with two attached hydrogens (primary N) is 1. The maximum Gasteiger partial charge on any atom is 0.232 e. The van der Waals surface area contributed by atoms with E-state index in [2.05, 4.69) is 4.98 Å². The highest BCUT2D eigenvalue weighted by Gasteiger charge is 2.06. The van der Waals surface area contributed by atoms with E-state index in [0.29, 0.717) is 23.7 Å². The molecule has 0 amide bonds. The van der Waals surface area contributed by atoms with E-state index in [9.17, 15) is 0 Å². The summed E-state index contributed by atoms with van der Waals surface area (Å²) in [4.78, 5) is 5.07. The molecule has 2 heterocycles. The van der Waals surface area contributed by atoms with Gasteiger partial charge in [-0.05, 0) is 17.5 Å². The molecule has 2 aromatic rings. The second-order valence-corrected chi connectivity index (χ2v) is 4.13. The number of ether oxygens (including phenoxy) is 1. The standard InChI is InChI=1S/C11H9N3OS/c12-5-8-4-9(13)6-14-11(8)15-7-10-2-1-3-16-10/h1-4,6H,7,13H2. The number of aromatic nitrogens is 1. The maximum atomic E-state index is 8.88. The van der Waals surface area contributed by atoms with Crippen LogP contribution in [0.15, 0.2) is 29.8 Å². The van der Waals surface area contributed by atoms with Crippen LogP contribution in [-0.4, -0.2) is 4.98 Å². The van der Waals surface area contributed by atoms with Crippen LogP contribution >= 0.6 is 11.3 Å². The number of rotatable bonds is 3. The topological polar surface area (TPSA) is 71.9 Å². The fraction of sp³-hybridized carbons (Fsp3) is 0.0909. The molecule has 0 aliphatic carbocycles. The molecule has 0 saturated carbocycles. The van der Waals surface area contributed by atoms with Crippen molar-refractivity contribution in [3.63, 3.8) is 0 Å². The van der Waals surface area contributed by atoms with Gasteiger partial charge in [-0.3, -0.25) is 0 Å². The van der Waals surface area contributed by atoms with E-state index in [1.807, 2.05) is 23.6 Å². The van der Waals surface area contributed by atoms with E-state index in [-0.39, 0.29) is 0 Å². The summed E-state index contributed by atoms with van der Waals surface area (Å²) in [6, 6.07) is 7.47. The van der Waals surface area contributed by atoms with Gasteiger partial charge in [-0.25, -0.2) is 4.98 Å². The predicted molar refractivity (Wildman–Crippen MR) is 62.0 cm³/mol. The molecule has 0 unspecified atom stereocenters. The lowest BCUT2D eigenvalue weighted by molar-refractivity contribution is 0.296. The van der Waals surface area contributed by atoms with E-state index < -0.39 is 0 Å². The molecule has 0 fully saturated rings. The molecular formula is C11H9N3OS. The second kappa shape index (κ2) is 4.64. The number of nitrogens with zero attached hydrogens (tertiary/aromatic N) is 2. The SMILES string of the molecule is N#Cc1cc(N)cnc1OCc1cccs1. The smallest absolute Gasteiger partial charge is 0.232 e. The molecule has 2 aromatic heterocycles. The van der Waals surface area contributed by atoms with E-state index in [1.54, 1.807) is 17.4 Å². The maximum absolute atomic E-state index is 8.88. The molecule has 4 nitrogen and oxygen atoms in total. The third-order valence-electron chi connectivity index (χ3n) is 1.92. The molecule has 0 aliphatic rings. The van der Waals surface area contributed by atoms with E-state index >= 15 is 0 Å². The molecule has 0 aromatic carbocycles. The Morgan fingerprint density at radius 1 is 1.56 bits per heavy atom. The van der Waals surface area contributed by atoms with Crippen molar-refractivity contribution in [2.45, 2.75) is 6.61 Å². The summed E-state index contributed by atoms with van der Waals surface area (Å²) < 4.78 is 5.45. The van der Waals surface area contributed by atoms with Crippen LogP contribution in [0.5, 0.6) is 5.88 Å². The molecule has 0 spiro atoms. The molecule has 0 saturated heterocycles. The number of pyridine rings is 1. The number of nitrogen functional groups attached to an aromatic ring is 1. The number of anilines is 1. The van der Waals surface area contributed by atoms with Crippen molar-refractivity contribution in [3.8, 4) is 11.9 Å². The van der Waals surface area contributed by atoms with Crippen LogP contribution in [-0.2, 0) is 6.61 Å². The Labute approximate surface area is 96.9 Å². The first kappa shape index (κ1) is 10.5. The molecule has 0 bridgehead atoms. The van der Waals surface area contributed by atoms with Crippen molar-refractivity contribution >= 4 is 17.0 Å². The van der Waals surface area contributed by atoms with Crippen molar-refractivity contribution in [3.05, 3.63) is 40.2 Å². The molecule has 16 heavy (non-hydrogen) atoms. The molecular weight excluding hydrogens is 222 g/mol. The Kier molecular flexibility index (Phi) is 3.03. The number of nitriles is 1. The number of thiophene rings is 1. The third kappa shape index (κ3) is 2.30. The summed E-state index contributed by atoms with van der Waals surface area (Å²) in [5.74, 6) is 0.324. The zero-order chi connectivity index (χ0) is 11.4. The van der Waals surface area contributed by atoms with E-state index in [0.717, 1.165) is 4.88 Å². The average Bonchev–Trinajstić information content (AvgIpc) is 2.80. The Morgan fingerprint density at radius 3 is 3.12 bits per heavy atom. The Morgan fingerprint density at radius 2 is 2.44 bits per heavy atom. The first-order chi connectivity index (χ1) is 7.79. The Bertz CT molecular complexity index is 517. The van der Waals surface area contributed by atoms with Crippen molar-refractivity contribution in [1.29, 1.82) is 5.26 Å². The van der Waals surface area contributed by atoms with Gasteiger partial charge in [0, 0.05) is 4.88 Å². The summed E-state index contributed by atoms with van der Waals surface area (Å²) in [6.45, 7) is 0.420. The van der Waals surface area contributed by atoms with Crippen molar-refractivity contribution < 1.29 is 4.74 Å². The summed E-state index contributed by atoms with van der Waals surface area (Å²) in [5, 5.41) is 10.8. The highest BCUT2D eigenvalue weighted by atomic mass is 32.1. The minimum Gasteiger partial charge on any atom is -0.471 e. The number of hydrogen-bond donors (Lipinski definition) is 1. The van der Waals surface area contributed by atoms with Crippen LogP contribution in [0.25, 0.3) is 0 Å². The summed E-state index contributed by atoms with van der Waals surface area (Å²) in [5.41, 5.74) is 6.34. The summed E-state index contributed by atoms with van der Waals surface area (Å²) in [7, 11) is 0. The lowest BCUT2D eigenvalue weighted by atomic mass is 10.3. The molecule has 0 radical (unpaired) electrons. The molecule has 2 N–H and O–H groups in total. The lowest BCUT2D eigenvalue weighted by Gasteiger charge is -2.05. The van der Waals surface area contributed by atoms with Crippen molar-refractivity contribution in [1.82, 2.24) is 4.98 Å². The van der Waals surface area contributed by atoms with Gasteiger partial charge in [-0.2, -0.15) is 5.26 Å². The van der Waals surface area contributed by atoms with Crippen LogP contribution in [0, 0.1) is 11.3 Å². The third-order valence-corrected chi connectivity index (χ3v) is 2.77. The van der Waals surface area contributed by atoms with Gasteiger partial charge in [0.1, 0.15) is 18.2 Å². The van der Waals surface area contributed by atoms with Crippen LogP contribution in [0.3, 0.4) is 0 Å². The van der Waals surface area contributed by atoms with Gasteiger partial charge in [0.2, 0.25) is 5.88 Å². The first-order valence-corrected chi connectivity index (χ1v) is 5.48. The normalized spacial score (nSPS) is 9.69. The van der Waals surface area contributed by atoms with Crippen LogP contribution in [0.4, 0.5) is 5.69 Å². The molecule has 2 rings (SSSR count). The fourth-order valence-corrected chi connectivity index (χ4v) is 1.81. The zero-order valence-corrected chi connectivity index (χ0v) is 9.20. The highest BCUT2D eigenvalue weighted by Crippen LogP contribution is 2.19. The lowest BCUT2D eigenvalue weighted by Crippen LogP contribution is -1.99. The fourth-order valence-electron chi connectivity index (χ4n) is 1.20. The van der Waals surface area contributed by atoms with Crippen LogP contribution in [0.1, 0.15) is 10.4 Å². The number of hydrogen-bond acceptors (Lipinski definition) is 5. The second-order valence-electron chi connectivity index (χ2n) is 3.10. The van der Waals surface area contributed by atoms with Gasteiger partial charge in [-0.1, -0.05) is 6.07 Å². The largest absolute Gasteiger partial charge is 0.471 e. The van der Waals surface area contributed by atoms with Gasteiger partial charge in [0.25, 0.3) is 0 Å². The van der Waals surface area contributed by atoms with Gasteiger partial charge >= 0.3 is 0 Å². The molecule has 80 valence electrons. The minimum atomic E-state index is 0.324. The van der Waals surface area contributed by atoms with E-state index in [4.69, 9.17) is 15.7 Å². The van der Waals surface area contributed by atoms with Crippen LogP contribution < -0.4 is 10.5 Å². The summed E-state index contributed by atoms with van der Waals surface area (Å²) in [6.07, 6.45) is 1.48. The Hall–Kier alpha value is -2.06. The van der Waals surface area contributed by atoms with Gasteiger partial charge < -0.3 is 10.5 Å². The molecule has 5 heteroatoms. The van der Waals surface area contributed by atoms with Gasteiger partial charge in [0.15, 0.2) is 0 Å². The highest BCUT2D eigenvalue weighted by molar-refractivity contribution is 7.09. The Balaban J connectivity index is 2.13. The quantitative estimate of drug-likeness (QED) is 0.878. The van der Waals surface area contributed by atoms with Crippen LogP contribution in [0.2, 0.25) is 0 Å². The monoisotopic (exact) mass is 231 g/mol. The molecule has 0 atom stereocenters. The van der Waals surface area contributed by atoms with E-state index in [1.165, 1.54) is 6.20 Å². The zero-order valence-electron chi connectivity index (χ0n) is 8.38. The predicted octanol–water partition coefficient (Wildman–Crippen LogP) is 2.18. The summed E-state index contributed by atoms with van der Waals surface area (Å²) >= 11 is 1.60.